The van der Waals surface area contributed by atoms with Crippen LogP contribution in [0.2, 0.25) is 0 Å². The smallest absolute Gasteiger partial charge is 0.203 e. The lowest BCUT2D eigenvalue weighted by Gasteiger charge is -2.13. The number of nitrogens with zero attached hydrogens (tertiary/aromatic N) is 2. The summed E-state index contributed by atoms with van der Waals surface area (Å²) in [6.07, 6.45) is 5.28. The minimum Gasteiger partial charge on any atom is -0.493 e. The Morgan fingerprint density at radius 2 is 1.71 bits per heavy atom. The maximum absolute atomic E-state index is 5.46. The molecule has 0 saturated heterocycles. The molecule has 0 radical (unpaired) electrons. The first-order valence-electron chi connectivity index (χ1n) is 8.68. The predicted molar refractivity (Wildman–Crippen MR) is 109 cm³/mol. The van der Waals surface area contributed by atoms with Crippen molar-refractivity contribution in [1.82, 2.24) is 15.0 Å². The van der Waals surface area contributed by atoms with Crippen molar-refractivity contribution in [2.75, 3.05) is 26.6 Å². The van der Waals surface area contributed by atoms with Gasteiger partial charge in [-0.2, -0.15) is 0 Å². The summed E-state index contributed by atoms with van der Waals surface area (Å²) < 4.78 is 16.3. The molecule has 142 valence electrons. The maximum atomic E-state index is 5.46. The number of ether oxygens (including phenoxy) is 3. The third-order valence-electron chi connectivity index (χ3n) is 4.45. The van der Waals surface area contributed by atoms with Gasteiger partial charge >= 0.3 is 0 Å². The average molecular weight is 376 g/mol. The highest BCUT2D eigenvalue weighted by atomic mass is 16.5. The zero-order chi connectivity index (χ0) is 19.5. The van der Waals surface area contributed by atoms with Crippen LogP contribution in [0, 0.1) is 0 Å². The number of anilines is 2. The number of H-pyrrole nitrogens is 1. The van der Waals surface area contributed by atoms with Gasteiger partial charge in [0.05, 0.1) is 38.9 Å². The molecule has 0 fully saturated rings. The highest BCUT2D eigenvalue weighted by Gasteiger charge is 2.16. The van der Waals surface area contributed by atoms with E-state index in [1.54, 1.807) is 39.9 Å². The van der Waals surface area contributed by atoms with Gasteiger partial charge < -0.3 is 24.5 Å². The quantitative estimate of drug-likeness (QED) is 0.519. The normalized spacial score (nSPS) is 10.7. The zero-order valence-electron chi connectivity index (χ0n) is 15.8. The highest BCUT2D eigenvalue weighted by Crippen LogP contribution is 2.41. The molecule has 0 aliphatic carbocycles. The van der Waals surface area contributed by atoms with Crippen LogP contribution in [0.15, 0.2) is 55.0 Å². The van der Waals surface area contributed by atoms with Gasteiger partial charge in [0, 0.05) is 29.0 Å². The van der Waals surface area contributed by atoms with E-state index in [1.807, 2.05) is 36.4 Å². The van der Waals surface area contributed by atoms with Crippen molar-refractivity contribution >= 4 is 22.4 Å². The Morgan fingerprint density at radius 1 is 0.929 bits per heavy atom. The van der Waals surface area contributed by atoms with Crippen molar-refractivity contribution in [1.29, 1.82) is 0 Å². The minimum atomic E-state index is 0.557. The van der Waals surface area contributed by atoms with E-state index in [1.165, 1.54) is 0 Å². The summed E-state index contributed by atoms with van der Waals surface area (Å²) in [5.74, 6) is 1.75. The largest absolute Gasteiger partial charge is 0.493 e. The molecule has 0 saturated carbocycles. The fourth-order valence-electron chi connectivity index (χ4n) is 3.12. The third-order valence-corrected chi connectivity index (χ3v) is 4.45. The molecular formula is C21H20N4O3. The Bertz CT molecular complexity index is 1080. The first kappa shape index (κ1) is 17.7. The van der Waals surface area contributed by atoms with Crippen LogP contribution < -0.4 is 19.5 Å². The number of nitrogens with one attached hydrogen (secondary N) is 2. The van der Waals surface area contributed by atoms with Gasteiger partial charge in [0.25, 0.3) is 0 Å². The van der Waals surface area contributed by atoms with Crippen molar-refractivity contribution in [2.45, 2.75) is 0 Å². The van der Waals surface area contributed by atoms with E-state index < -0.39 is 0 Å². The molecule has 0 spiro atoms. The van der Waals surface area contributed by atoms with Gasteiger partial charge in [0.2, 0.25) is 5.75 Å². The standard InChI is InChI=1S/C21H20N4O3/c1-26-18-9-13(10-19(27-2)20(18)28-3)17-11-15-16(6-8-23-21(15)25-17)24-14-5-4-7-22-12-14/h4-12H,1-3H3,(H2,23,24,25). The average Bonchev–Trinajstić information content (AvgIpc) is 3.19. The van der Waals surface area contributed by atoms with Crippen LogP contribution in [-0.4, -0.2) is 36.3 Å². The number of pyridine rings is 2. The van der Waals surface area contributed by atoms with Crippen molar-refractivity contribution < 1.29 is 14.2 Å². The number of methoxy groups -OCH3 is 3. The second kappa shape index (κ2) is 7.48. The molecule has 7 nitrogen and oxygen atoms in total. The number of hydrogen-bond acceptors (Lipinski definition) is 6. The molecule has 1 aromatic carbocycles. The van der Waals surface area contributed by atoms with Crippen molar-refractivity contribution in [3.8, 4) is 28.5 Å². The van der Waals surface area contributed by atoms with E-state index in [-0.39, 0.29) is 0 Å². The van der Waals surface area contributed by atoms with Crippen molar-refractivity contribution in [3.05, 3.63) is 55.0 Å². The number of hydrogen-bond donors (Lipinski definition) is 2. The molecule has 0 aliphatic rings. The Hall–Kier alpha value is -3.74. The van der Waals surface area contributed by atoms with Crippen LogP contribution in [0.4, 0.5) is 11.4 Å². The number of benzene rings is 1. The monoisotopic (exact) mass is 376 g/mol. The van der Waals surface area contributed by atoms with Crippen LogP contribution in [0.1, 0.15) is 0 Å². The first-order chi connectivity index (χ1) is 13.7. The fourth-order valence-corrected chi connectivity index (χ4v) is 3.12. The SMILES string of the molecule is COc1cc(-c2cc3c(Nc4cccnc4)ccnc3[nH]2)cc(OC)c1OC. The molecule has 0 aliphatic heterocycles. The van der Waals surface area contributed by atoms with Gasteiger partial charge in [-0.05, 0) is 36.4 Å². The van der Waals surface area contributed by atoms with E-state index in [9.17, 15) is 0 Å². The molecule has 7 heteroatoms. The summed E-state index contributed by atoms with van der Waals surface area (Å²) in [6, 6.07) is 11.6. The van der Waals surface area contributed by atoms with Crippen LogP contribution >= 0.6 is 0 Å². The van der Waals surface area contributed by atoms with Gasteiger partial charge in [-0.1, -0.05) is 0 Å². The van der Waals surface area contributed by atoms with E-state index in [2.05, 4.69) is 20.3 Å². The minimum absolute atomic E-state index is 0.557. The molecule has 0 unspecified atom stereocenters. The number of rotatable bonds is 6. The van der Waals surface area contributed by atoms with Crippen LogP contribution in [0.5, 0.6) is 17.2 Å². The zero-order valence-corrected chi connectivity index (χ0v) is 15.8. The predicted octanol–water partition coefficient (Wildman–Crippen LogP) is 4.39. The summed E-state index contributed by atoms with van der Waals surface area (Å²) >= 11 is 0. The topological polar surface area (TPSA) is 81.3 Å². The summed E-state index contributed by atoms with van der Waals surface area (Å²) in [4.78, 5) is 12.0. The van der Waals surface area contributed by atoms with Gasteiger partial charge in [-0.3, -0.25) is 4.98 Å². The van der Waals surface area contributed by atoms with E-state index >= 15 is 0 Å². The second-order valence-corrected chi connectivity index (χ2v) is 6.08. The Balaban J connectivity index is 1.79. The molecule has 3 aromatic heterocycles. The maximum Gasteiger partial charge on any atom is 0.203 e. The highest BCUT2D eigenvalue weighted by molar-refractivity contribution is 5.95. The molecular weight excluding hydrogens is 356 g/mol. The summed E-state index contributed by atoms with van der Waals surface area (Å²) in [6.45, 7) is 0. The van der Waals surface area contributed by atoms with E-state index in [0.717, 1.165) is 33.7 Å². The second-order valence-electron chi connectivity index (χ2n) is 6.08. The van der Waals surface area contributed by atoms with Crippen LogP contribution in [-0.2, 0) is 0 Å². The molecule has 0 bridgehead atoms. The number of aromatic nitrogens is 3. The van der Waals surface area contributed by atoms with Gasteiger partial charge in [0.1, 0.15) is 5.65 Å². The fraction of sp³-hybridized carbons (Fsp3) is 0.143. The van der Waals surface area contributed by atoms with Crippen molar-refractivity contribution in [3.63, 3.8) is 0 Å². The summed E-state index contributed by atoms with van der Waals surface area (Å²) in [5, 5.41) is 4.35. The molecule has 0 atom stereocenters. The number of fused-ring (bicyclic) bond motifs is 1. The van der Waals surface area contributed by atoms with Crippen LogP contribution in [0.3, 0.4) is 0 Å². The van der Waals surface area contributed by atoms with Gasteiger partial charge in [0.15, 0.2) is 11.5 Å². The molecule has 28 heavy (non-hydrogen) atoms. The lowest BCUT2D eigenvalue weighted by molar-refractivity contribution is 0.324. The lowest BCUT2D eigenvalue weighted by atomic mass is 10.1. The van der Waals surface area contributed by atoms with E-state index in [0.29, 0.717) is 17.2 Å². The molecule has 2 N–H and O–H groups in total. The Kier molecular flexibility index (Phi) is 4.72. The van der Waals surface area contributed by atoms with Crippen molar-refractivity contribution in [2.24, 2.45) is 0 Å². The van der Waals surface area contributed by atoms with Gasteiger partial charge in [-0.25, -0.2) is 4.98 Å². The third kappa shape index (κ3) is 3.18. The molecule has 4 aromatic rings. The lowest BCUT2D eigenvalue weighted by Crippen LogP contribution is -1.95. The molecule has 0 amide bonds. The first-order valence-corrected chi connectivity index (χ1v) is 8.68. The number of aromatic amines is 1. The molecule has 3 heterocycles. The van der Waals surface area contributed by atoms with Gasteiger partial charge in [-0.15, -0.1) is 0 Å². The molecule has 4 rings (SSSR count). The van der Waals surface area contributed by atoms with E-state index in [4.69, 9.17) is 14.2 Å². The van der Waals surface area contributed by atoms with Crippen LogP contribution in [0.25, 0.3) is 22.3 Å². The summed E-state index contributed by atoms with van der Waals surface area (Å²) in [5.41, 5.74) is 4.41. The Morgan fingerprint density at radius 3 is 2.36 bits per heavy atom. The Labute approximate surface area is 162 Å². The summed E-state index contributed by atoms with van der Waals surface area (Å²) in [7, 11) is 4.79.